The number of halogens is 1. The van der Waals surface area contributed by atoms with Gasteiger partial charge in [-0.25, -0.2) is 0 Å². The lowest BCUT2D eigenvalue weighted by Gasteiger charge is -2.15. The minimum atomic E-state index is -0.290. The lowest BCUT2D eigenvalue weighted by atomic mass is 10.1. The second kappa shape index (κ2) is 8.43. The van der Waals surface area contributed by atoms with E-state index in [1.165, 1.54) is 0 Å². The molecule has 0 aliphatic rings. The van der Waals surface area contributed by atoms with E-state index in [1.807, 2.05) is 74.1 Å². The molecular formula is C23H24ClN5O2. The Labute approximate surface area is 185 Å². The molecule has 0 radical (unpaired) electrons. The van der Waals surface area contributed by atoms with Gasteiger partial charge in [0.25, 0.3) is 5.91 Å². The van der Waals surface area contributed by atoms with E-state index in [2.05, 4.69) is 15.6 Å². The Bertz CT molecular complexity index is 1210. The first kappa shape index (κ1) is 20.9. The molecule has 7 nitrogen and oxygen atoms in total. The second-order valence-corrected chi connectivity index (χ2v) is 7.96. The summed E-state index contributed by atoms with van der Waals surface area (Å²) in [6.07, 6.45) is 3.98. The fourth-order valence-electron chi connectivity index (χ4n) is 3.52. The van der Waals surface area contributed by atoms with E-state index in [-0.39, 0.29) is 17.6 Å². The molecule has 1 atom stereocenters. The predicted molar refractivity (Wildman–Crippen MR) is 119 cm³/mol. The molecule has 0 fully saturated rings. The van der Waals surface area contributed by atoms with E-state index in [1.54, 1.807) is 11.6 Å². The summed E-state index contributed by atoms with van der Waals surface area (Å²) in [5, 5.41) is 12.1. The van der Waals surface area contributed by atoms with E-state index in [9.17, 15) is 4.79 Å². The van der Waals surface area contributed by atoms with Gasteiger partial charge < -0.3 is 14.4 Å². The lowest BCUT2D eigenvalue weighted by Crippen LogP contribution is -2.28. The predicted octanol–water partition coefficient (Wildman–Crippen LogP) is 4.78. The van der Waals surface area contributed by atoms with Crippen LogP contribution in [0.2, 0.25) is 5.02 Å². The topological polar surface area (TPSA) is 77.9 Å². The Morgan fingerprint density at radius 1 is 1.16 bits per heavy atom. The van der Waals surface area contributed by atoms with Crippen LogP contribution in [0.25, 0.3) is 5.69 Å². The van der Waals surface area contributed by atoms with E-state index < -0.39 is 0 Å². The zero-order valence-electron chi connectivity index (χ0n) is 17.9. The lowest BCUT2D eigenvalue weighted by molar-refractivity contribution is 0.0929. The maximum Gasteiger partial charge on any atom is 0.274 e. The molecular weight excluding hydrogens is 414 g/mol. The molecule has 0 aliphatic heterocycles. The van der Waals surface area contributed by atoms with Gasteiger partial charge in [0, 0.05) is 23.6 Å². The van der Waals surface area contributed by atoms with Gasteiger partial charge in [-0.1, -0.05) is 28.9 Å². The quantitative estimate of drug-likeness (QED) is 0.471. The summed E-state index contributed by atoms with van der Waals surface area (Å²) in [4.78, 5) is 13.0. The molecule has 3 heterocycles. The van der Waals surface area contributed by atoms with Crippen molar-refractivity contribution in [2.45, 2.75) is 40.3 Å². The summed E-state index contributed by atoms with van der Waals surface area (Å²) in [6, 6.07) is 11.8. The summed E-state index contributed by atoms with van der Waals surface area (Å²) in [6.45, 7) is 7.83. The van der Waals surface area contributed by atoms with Crippen LogP contribution in [0.4, 0.5) is 0 Å². The van der Waals surface area contributed by atoms with Crippen molar-refractivity contribution < 1.29 is 9.32 Å². The Morgan fingerprint density at radius 3 is 2.45 bits per heavy atom. The van der Waals surface area contributed by atoms with Crippen LogP contribution in [0.3, 0.4) is 0 Å². The fourth-order valence-corrected chi connectivity index (χ4v) is 3.66. The highest BCUT2D eigenvalue weighted by Crippen LogP contribution is 2.23. The zero-order chi connectivity index (χ0) is 22.1. The summed E-state index contributed by atoms with van der Waals surface area (Å²) >= 11 is 6.26. The second-order valence-electron chi connectivity index (χ2n) is 7.59. The third kappa shape index (κ3) is 4.14. The smallest absolute Gasteiger partial charge is 0.274 e. The largest absolute Gasteiger partial charge is 0.361 e. The van der Waals surface area contributed by atoms with Crippen LogP contribution >= 0.6 is 11.6 Å². The van der Waals surface area contributed by atoms with Crippen molar-refractivity contribution in [3.05, 3.63) is 87.8 Å². The van der Waals surface area contributed by atoms with Crippen LogP contribution in [0.5, 0.6) is 0 Å². The average molecular weight is 438 g/mol. The number of hydrogen-bond acceptors (Lipinski definition) is 4. The van der Waals surface area contributed by atoms with E-state index in [0.29, 0.717) is 22.9 Å². The average Bonchev–Trinajstić information content (AvgIpc) is 3.47. The van der Waals surface area contributed by atoms with Crippen molar-refractivity contribution >= 4 is 17.5 Å². The monoisotopic (exact) mass is 437 g/mol. The van der Waals surface area contributed by atoms with Crippen LogP contribution in [-0.2, 0) is 6.54 Å². The zero-order valence-corrected chi connectivity index (χ0v) is 18.6. The number of aromatic nitrogens is 4. The molecule has 1 aromatic carbocycles. The SMILES string of the molecule is Cc1nn(Cc2c(C(=O)NC(C)c3ccc(-n4cccc4)cc3)noc2C)c(C)c1Cl. The molecule has 160 valence electrons. The number of rotatable bonds is 6. The van der Waals surface area contributed by atoms with Crippen molar-refractivity contribution in [2.24, 2.45) is 0 Å². The fraction of sp³-hybridized carbons (Fsp3) is 0.261. The molecule has 0 spiro atoms. The summed E-state index contributed by atoms with van der Waals surface area (Å²) in [7, 11) is 0. The standard InChI is InChI=1S/C23H24ClN5O2/c1-14(18-7-9-19(10-8-18)28-11-5-6-12-28)25-23(30)22-20(17(4)31-27-22)13-29-16(3)21(24)15(2)26-29/h5-12,14H,13H2,1-4H3,(H,25,30). The van der Waals surface area contributed by atoms with Crippen LogP contribution < -0.4 is 5.32 Å². The molecule has 3 aromatic heterocycles. The van der Waals surface area contributed by atoms with Gasteiger partial charge in [-0.05, 0) is 57.5 Å². The van der Waals surface area contributed by atoms with Gasteiger partial charge in [-0.3, -0.25) is 9.48 Å². The van der Waals surface area contributed by atoms with Gasteiger partial charge in [0.15, 0.2) is 5.69 Å². The van der Waals surface area contributed by atoms with Crippen LogP contribution in [-0.4, -0.2) is 25.4 Å². The number of amides is 1. The molecule has 0 aliphatic carbocycles. The number of nitrogens with zero attached hydrogens (tertiary/aromatic N) is 4. The van der Waals surface area contributed by atoms with Gasteiger partial charge >= 0.3 is 0 Å². The van der Waals surface area contributed by atoms with E-state index in [4.69, 9.17) is 16.1 Å². The first-order valence-electron chi connectivity index (χ1n) is 10.0. The van der Waals surface area contributed by atoms with Crippen molar-refractivity contribution in [3.63, 3.8) is 0 Å². The van der Waals surface area contributed by atoms with Crippen molar-refractivity contribution in [2.75, 3.05) is 0 Å². The summed E-state index contributed by atoms with van der Waals surface area (Å²) < 4.78 is 9.11. The minimum absolute atomic E-state index is 0.195. The number of hydrogen-bond donors (Lipinski definition) is 1. The molecule has 31 heavy (non-hydrogen) atoms. The maximum absolute atomic E-state index is 13.0. The third-order valence-corrected chi connectivity index (χ3v) is 5.99. The van der Waals surface area contributed by atoms with Crippen molar-refractivity contribution in [1.29, 1.82) is 0 Å². The number of carbonyl (C=O) groups excluding carboxylic acids is 1. The third-order valence-electron chi connectivity index (χ3n) is 5.44. The number of benzene rings is 1. The molecule has 0 bridgehead atoms. The Morgan fingerprint density at radius 2 is 1.84 bits per heavy atom. The number of aryl methyl sites for hydroxylation is 2. The van der Waals surface area contributed by atoms with Crippen molar-refractivity contribution in [1.82, 2.24) is 24.8 Å². The molecule has 1 amide bonds. The van der Waals surface area contributed by atoms with Gasteiger partial charge in [-0.15, -0.1) is 0 Å². The number of nitrogens with one attached hydrogen (secondary N) is 1. The highest BCUT2D eigenvalue weighted by Gasteiger charge is 2.23. The normalized spacial score (nSPS) is 12.2. The van der Waals surface area contributed by atoms with Crippen LogP contribution in [0.15, 0.2) is 53.3 Å². The van der Waals surface area contributed by atoms with Gasteiger partial charge in [-0.2, -0.15) is 5.10 Å². The van der Waals surface area contributed by atoms with Gasteiger partial charge in [0.1, 0.15) is 5.76 Å². The number of carbonyl (C=O) groups is 1. The van der Waals surface area contributed by atoms with E-state index >= 15 is 0 Å². The first-order chi connectivity index (χ1) is 14.8. The molecule has 1 N–H and O–H groups in total. The molecule has 4 rings (SSSR count). The molecule has 0 saturated heterocycles. The first-order valence-corrected chi connectivity index (χ1v) is 10.4. The highest BCUT2D eigenvalue weighted by atomic mass is 35.5. The molecule has 4 aromatic rings. The van der Waals surface area contributed by atoms with Gasteiger partial charge in [0.05, 0.1) is 29.0 Å². The maximum atomic E-state index is 13.0. The molecule has 1 unspecified atom stereocenters. The Balaban J connectivity index is 1.50. The Hall–Kier alpha value is -3.32. The molecule has 8 heteroatoms. The summed E-state index contributed by atoms with van der Waals surface area (Å²) in [5.74, 6) is 0.291. The minimum Gasteiger partial charge on any atom is -0.361 e. The van der Waals surface area contributed by atoms with Crippen LogP contribution in [0, 0.1) is 20.8 Å². The summed E-state index contributed by atoms with van der Waals surface area (Å²) in [5.41, 5.74) is 4.59. The van der Waals surface area contributed by atoms with Crippen LogP contribution in [0.1, 0.15) is 51.7 Å². The molecule has 0 saturated carbocycles. The van der Waals surface area contributed by atoms with E-state index in [0.717, 1.165) is 22.6 Å². The van der Waals surface area contributed by atoms with Gasteiger partial charge in [0.2, 0.25) is 0 Å². The van der Waals surface area contributed by atoms with Crippen molar-refractivity contribution in [3.8, 4) is 5.69 Å². The highest BCUT2D eigenvalue weighted by molar-refractivity contribution is 6.31. The Kier molecular flexibility index (Phi) is 5.69.